The molecule has 0 fully saturated rings. The van der Waals surface area contributed by atoms with Crippen molar-refractivity contribution in [1.82, 2.24) is 5.32 Å². The van der Waals surface area contributed by atoms with Crippen LogP contribution in [0.3, 0.4) is 0 Å². The van der Waals surface area contributed by atoms with Gasteiger partial charge in [0.25, 0.3) is 0 Å². The molecule has 2 aromatic carbocycles. The lowest BCUT2D eigenvalue weighted by atomic mass is 9.98. The molecule has 0 amide bonds. The zero-order chi connectivity index (χ0) is 13.8. The van der Waals surface area contributed by atoms with E-state index in [1.165, 1.54) is 0 Å². The number of hydrogen-bond donors (Lipinski definition) is 1. The Balaban J connectivity index is 2.25. The van der Waals surface area contributed by atoms with Crippen molar-refractivity contribution in [2.45, 2.75) is 12.5 Å². The second-order valence-corrected chi connectivity index (χ2v) is 5.61. The molecule has 0 saturated heterocycles. The van der Waals surface area contributed by atoms with Crippen molar-refractivity contribution in [1.29, 1.82) is 0 Å². The summed E-state index contributed by atoms with van der Waals surface area (Å²) in [5.74, 6) is -0.212. The number of hydrogen-bond acceptors (Lipinski definition) is 1. The molecule has 0 saturated carbocycles. The summed E-state index contributed by atoms with van der Waals surface area (Å²) < 4.78 is 14.6. The van der Waals surface area contributed by atoms with Gasteiger partial charge in [-0.05, 0) is 53.2 Å². The Labute approximate surface area is 125 Å². The fraction of sp³-hybridized carbons (Fsp3) is 0.200. The van der Waals surface area contributed by atoms with Gasteiger partial charge in [0.1, 0.15) is 5.82 Å². The molecule has 19 heavy (non-hydrogen) atoms. The van der Waals surface area contributed by atoms with Crippen LogP contribution in [0.4, 0.5) is 4.39 Å². The fourth-order valence-electron chi connectivity index (χ4n) is 2.01. The van der Waals surface area contributed by atoms with E-state index < -0.39 is 0 Å². The van der Waals surface area contributed by atoms with Crippen molar-refractivity contribution in [2.24, 2.45) is 0 Å². The van der Waals surface area contributed by atoms with Gasteiger partial charge in [0.2, 0.25) is 0 Å². The van der Waals surface area contributed by atoms with Crippen molar-refractivity contribution < 1.29 is 4.39 Å². The van der Waals surface area contributed by atoms with Gasteiger partial charge in [-0.1, -0.05) is 35.9 Å². The van der Waals surface area contributed by atoms with E-state index in [2.05, 4.69) is 21.2 Å². The summed E-state index contributed by atoms with van der Waals surface area (Å²) in [6, 6.07) is 12.9. The minimum atomic E-state index is -0.212. The van der Waals surface area contributed by atoms with E-state index in [4.69, 9.17) is 11.6 Å². The van der Waals surface area contributed by atoms with Gasteiger partial charge in [0.15, 0.2) is 0 Å². The average Bonchev–Trinajstić information content (AvgIpc) is 2.42. The Hall–Kier alpha value is -0.900. The van der Waals surface area contributed by atoms with Crippen molar-refractivity contribution in [3.05, 3.63) is 68.9 Å². The Morgan fingerprint density at radius 1 is 1.21 bits per heavy atom. The zero-order valence-electron chi connectivity index (χ0n) is 10.5. The molecular weight excluding hydrogens is 329 g/mol. The summed E-state index contributed by atoms with van der Waals surface area (Å²) in [5, 5.41) is 3.86. The third kappa shape index (κ3) is 3.56. The number of rotatable bonds is 4. The molecule has 0 aliphatic carbocycles. The monoisotopic (exact) mass is 341 g/mol. The van der Waals surface area contributed by atoms with Crippen LogP contribution in [0.2, 0.25) is 5.02 Å². The molecule has 0 heterocycles. The largest absolute Gasteiger partial charge is 0.313 e. The van der Waals surface area contributed by atoms with Gasteiger partial charge >= 0.3 is 0 Å². The molecule has 1 N–H and O–H groups in total. The highest BCUT2D eigenvalue weighted by atomic mass is 79.9. The second kappa shape index (κ2) is 6.51. The van der Waals surface area contributed by atoms with Gasteiger partial charge in [0, 0.05) is 16.6 Å². The normalized spacial score (nSPS) is 12.4. The van der Waals surface area contributed by atoms with Crippen LogP contribution in [0.5, 0.6) is 0 Å². The molecule has 0 bridgehead atoms. The van der Waals surface area contributed by atoms with E-state index in [0.29, 0.717) is 21.5 Å². The summed E-state index contributed by atoms with van der Waals surface area (Å²) in [6.45, 7) is 0. The van der Waals surface area contributed by atoms with Gasteiger partial charge in [0.05, 0.1) is 4.47 Å². The first-order valence-electron chi connectivity index (χ1n) is 5.97. The van der Waals surface area contributed by atoms with Crippen LogP contribution >= 0.6 is 27.5 Å². The predicted molar refractivity (Wildman–Crippen MR) is 81.1 cm³/mol. The average molecular weight is 343 g/mol. The van der Waals surface area contributed by atoms with Crippen molar-refractivity contribution in [3.63, 3.8) is 0 Å². The van der Waals surface area contributed by atoms with Gasteiger partial charge in [-0.25, -0.2) is 4.39 Å². The Morgan fingerprint density at radius 3 is 2.53 bits per heavy atom. The second-order valence-electron chi connectivity index (χ2n) is 4.31. The first-order chi connectivity index (χ1) is 9.11. The summed E-state index contributed by atoms with van der Waals surface area (Å²) in [4.78, 5) is 0. The zero-order valence-corrected chi connectivity index (χ0v) is 12.8. The minimum Gasteiger partial charge on any atom is -0.313 e. The number of halogens is 3. The minimum absolute atomic E-state index is 0.0707. The maximum atomic E-state index is 14.1. The Kier molecular flexibility index (Phi) is 4.97. The van der Waals surface area contributed by atoms with Crippen molar-refractivity contribution in [2.75, 3.05) is 7.05 Å². The number of benzene rings is 2. The Morgan fingerprint density at radius 2 is 1.89 bits per heavy atom. The van der Waals surface area contributed by atoms with E-state index in [1.54, 1.807) is 12.1 Å². The topological polar surface area (TPSA) is 12.0 Å². The van der Waals surface area contributed by atoms with Gasteiger partial charge in [-0.2, -0.15) is 0 Å². The molecule has 100 valence electrons. The summed E-state index contributed by atoms with van der Waals surface area (Å²) in [5.41, 5.74) is 1.77. The van der Waals surface area contributed by atoms with Crippen molar-refractivity contribution in [3.8, 4) is 0 Å². The summed E-state index contributed by atoms with van der Waals surface area (Å²) >= 11 is 9.08. The standard InChI is InChI=1S/C15H14BrClFN/c1-19-14(9-10-5-7-11(17)8-6-10)12-3-2-4-13(16)15(12)18/h2-8,14,19H,9H2,1H3. The fourth-order valence-corrected chi connectivity index (χ4v) is 2.52. The maximum Gasteiger partial charge on any atom is 0.142 e. The molecule has 0 aliphatic rings. The third-order valence-electron chi connectivity index (χ3n) is 3.06. The van der Waals surface area contributed by atoms with Crippen LogP contribution in [0, 0.1) is 5.82 Å². The lowest BCUT2D eigenvalue weighted by molar-refractivity contribution is 0.531. The van der Waals surface area contributed by atoms with Gasteiger partial charge in [-0.3, -0.25) is 0 Å². The molecule has 4 heteroatoms. The molecular formula is C15H14BrClFN. The molecule has 1 unspecified atom stereocenters. The lowest BCUT2D eigenvalue weighted by Crippen LogP contribution is -2.20. The third-order valence-corrected chi connectivity index (χ3v) is 3.92. The van der Waals surface area contributed by atoms with Crippen LogP contribution in [0.15, 0.2) is 46.9 Å². The highest BCUT2D eigenvalue weighted by molar-refractivity contribution is 9.10. The first-order valence-corrected chi connectivity index (χ1v) is 7.14. The van der Waals surface area contributed by atoms with E-state index >= 15 is 0 Å². The van der Waals surface area contributed by atoms with Gasteiger partial charge in [-0.15, -0.1) is 0 Å². The van der Waals surface area contributed by atoms with Crippen LogP contribution in [-0.4, -0.2) is 7.05 Å². The number of likely N-dealkylation sites (N-methyl/N-ethyl adjacent to an activating group) is 1. The van der Waals surface area contributed by atoms with E-state index in [-0.39, 0.29) is 11.9 Å². The summed E-state index contributed by atoms with van der Waals surface area (Å²) in [7, 11) is 1.83. The molecule has 0 radical (unpaired) electrons. The van der Waals surface area contributed by atoms with Crippen LogP contribution in [0.1, 0.15) is 17.2 Å². The smallest absolute Gasteiger partial charge is 0.142 e. The number of nitrogens with one attached hydrogen (secondary N) is 1. The predicted octanol–water partition coefficient (Wildman–Crippen LogP) is 4.74. The van der Waals surface area contributed by atoms with Crippen molar-refractivity contribution >= 4 is 27.5 Å². The molecule has 2 aromatic rings. The molecule has 2 rings (SSSR count). The van der Waals surface area contributed by atoms with E-state index in [0.717, 1.165) is 5.56 Å². The summed E-state index contributed by atoms with van der Waals surface area (Å²) in [6.07, 6.45) is 0.709. The quantitative estimate of drug-likeness (QED) is 0.846. The van der Waals surface area contributed by atoms with E-state index in [9.17, 15) is 4.39 Å². The van der Waals surface area contributed by atoms with E-state index in [1.807, 2.05) is 37.4 Å². The maximum absolute atomic E-state index is 14.1. The lowest BCUT2D eigenvalue weighted by Gasteiger charge is -2.18. The molecule has 0 spiro atoms. The van der Waals surface area contributed by atoms with Crippen LogP contribution in [0.25, 0.3) is 0 Å². The van der Waals surface area contributed by atoms with Crippen LogP contribution in [-0.2, 0) is 6.42 Å². The Bertz CT molecular complexity index is 557. The van der Waals surface area contributed by atoms with Crippen LogP contribution < -0.4 is 5.32 Å². The highest BCUT2D eigenvalue weighted by Gasteiger charge is 2.16. The first kappa shape index (κ1) is 14.5. The molecule has 0 aliphatic heterocycles. The molecule has 1 atom stereocenters. The molecule has 1 nitrogen and oxygen atoms in total. The van der Waals surface area contributed by atoms with Gasteiger partial charge < -0.3 is 5.32 Å². The SMILES string of the molecule is CNC(Cc1ccc(Cl)cc1)c1cccc(Br)c1F. The molecule has 0 aromatic heterocycles. The highest BCUT2D eigenvalue weighted by Crippen LogP contribution is 2.26.